The van der Waals surface area contributed by atoms with Crippen LogP contribution in [0.4, 0.5) is 0 Å². The summed E-state index contributed by atoms with van der Waals surface area (Å²) in [7, 11) is 0. The van der Waals surface area contributed by atoms with Gasteiger partial charge in [0, 0.05) is 5.56 Å². The first-order valence-electron chi connectivity index (χ1n) is 21.1. The number of hydrogen-bond acceptors (Lipinski definition) is 2. The van der Waals surface area contributed by atoms with E-state index in [1.165, 1.54) is 22.3 Å². The normalized spacial score (nSPS) is 12.9. The molecule has 5 aromatic carbocycles. The number of benzene rings is 5. The van der Waals surface area contributed by atoms with E-state index in [0.29, 0.717) is 5.56 Å². The van der Waals surface area contributed by atoms with E-state index in [2.05, 4.69) is 125 Å². The van der Waals surface area contributed by atoms with Crippen molar-refractivity contribution < 1.29 is 9.53 Å². The molecule has 5 aromatic rings. The van der Waals surface area contributed by atoms with E-state index in [1.54, 1.807) is 0 Å². The van der Waals surface area contributed by atoms with Gasteiger partial charge in [0.1, 0.15) is 0 Å². The maximum atomic E-state index is 14.3. The fourth-order valence-electron chi connectivity index (χ4n) is 7.71. The molecule has 0 radical (unpaired) electrons. The summed E-state index contributed by atoms with van der Waals surface area (Å²) in [5.74, 6) is -0.624. The molecule has 1 heterocycles. The molecule has 58 heavy (non-hydrogen) atoms. The molecule has 0 bridgehead atoms. The number of carbonyl (C=O) groups is 1. The number of hydrogen-bond donors (Lipinski definition) is 0. The van der Waals surface area contributed by atoms with Crippen molar-refractivity contribution in [2.45, 2.75) is 110 Å². The number of fused-ring (bicyclic) bond motifs is 1. The molecular weight excluding hydrogens is 798 g/mol. The van der Waals surface area contributed by atoms with Gasteiger partial charge in [-0.05, 0) is 119 Å². The van der Waals surface area contributed by atoms with Gasteiger partial charge in [-0.3, -0.25) is 0 Å². The average molecular weight is 853 g/mol. The molecule has 0 amide bonds. The lowest BCUT2D eigenvalue weighted by atomic mass is 9.82. The number of cyclic esters (lactones) is 1. The van der Waals surface area contributed by atoms with Gasteiger partial charge >= 0.3 is 5.97 Å². The summed E-state index contributed by atoms with van der Waals surface area (Å²) in [6.07, 6.45) is 17.0. The Kier molecular flexibility index (Phi) is 15.4. The van der Waals surface area contributed by atoms with Crippen LogP contribution < -0.4 is 0 Å². The van der Waals surface area contributed by atoms with Crippen LogP contribution in [0.15, 0.2) is 109 Å². The van der Waals surface area contributed by atoms with Crippen molar-refractivity contribution in [1.82, 2.24) is 0 Å². The van der Waals surface area contributed by atoms with Crippen molar-refractivity contribution in [3.8, 4) is 0 Å². The first-order valence-corrected chi connectivity index (χ1v) is 22.6. The van der Waals surface area contributed by atoms with Gasteiger partial charge in [0.05, 0.1) is 25.7 Å². The van der Waals surface area contributed by atoms with Crippen LogP contribution in [0.2, 0.25) is 20.1 Å². The third-order valence-corrected chi connectivity index (χ3v) is 13.0. The molecule has 2 nitrogen and oxygen atoms in total. The SMILES string of the molecule is CCCCc1ccc(C(=CC2(C=C(c3ccc(CCCC)cc3)c3ccc(CCCC)cc3)OC(=O)c3c(Cl)c(Cl)c(Cl)c(Cl)c32)c2ccc(CCCC)cc2)cc1. The molecule has 0 fully saturated rings. The second-order valence-corrected chi connectivity index (χ2v) is 17.0. The van der Waals surface area contributed by atoms with Crippen LogP contribution >= 0.6 is 46.4 Å². The lowest BCUT2D eigenvalue weighted by Crippen LogP contribution is -2.23. The van der Waals surface area contributed by atoms with Gasteiger partial charge in [-0.15, -0.1) is 0 Å². The Balaban J connectivity index is 1.66. The average Bonchev–Trinajstić information content (AvgIpc) is 3.55. The highest BCUT2D eigenvalue weighted by atomic mass is 35.5. The Hall–Kier alpha value is -3.79. The first-order chi connectivity index (χ1) is 28.1. The number of rotatable bonds is 18. The maximum absolute atomic E-state index is 14.3. The minimum atomic E-state index is -1.55. The van der Waals surface area contributed by atoms with Gasteiger partial charge < -0.3 is 4.74 Å². The summed E-state index contributed by atoms with van der Waals surface area (Å²) >= 11 is 27.6. The van der Waals surface area contributed by atoms with Crippen molar-refractivity contribution in [2.24, 2.45) is 0 Å². The fourth-order valence-corrected chi connectivity index (χ4v) is 8.79. The maximum Gasteiger partial charge on any atom is 0.341 e. The highest BCUT2D eigenvalue weighted by Crippen LogP contribution is 2.53. The van der Waals surface area contributed by atoms with Gasteiger partial charge in [-0.2, -0.15) is 0 Å². The standard InChI is InChI=1S/C52H54Cl4O2/c1-5-9-13-35-17-25-39(26-18-35)43(40-27-19-36(20-28-40)14-10-6-2)33-52(46-45(51(57)58-52)47(53)49(55)50(56)48(46)54)34-44(41-29-21-37(22-30-41)15-11-7-3)42-31-23-38(24-32-42)16-12-8-4/h17-34H,5-16H2,1-4H3. The zero-order valence-electron chi connectivity index (χ0n) is 34.2. The predicted octanol–water partition coefficient (Wildman–Crippen LogP) is 16.3. The number of ether oxygens (including phenoxy) is 1. The molecule has 1 aliphatic rings. The Morgan fingerprint density at radius 3 is 1.05 bits per heavy atom. The summed E-state index contributed by atoms with van der Waals surface area (Å²) in [5, 5.41) is 0.228. The molecule has 6 heteroatoms. The molecule has 1 aliphatic heterocycles. The quantitative estimate of drug-likeness (QED) is 0.0499. The second kappa shape index (κ2) is 20.5. The predicted molar refractivity (Wildman–Crippen MR) is 248 cm³/mol. The molecule has 0 unspecified atom stereocenters. The van der Waals surface area contributed by atoms with Crippen LogP contribution in [-0.2, 0) is 36.0 Å². The van der Waals surface area contributed by atoms with E-state index in [1.807, 2.05) is 12.2 Å². The minimum absolute atomic E-state index is 0.0175. The van der Waals surface area contributed by atoms with Crippen molar-refractivity contribution >= 4 is 63.5 Å². The summed E-state index contributed by atoms with van der Waals surface area (Å²) in [6.45, 7) is 8.83. The fraction of sp³-hybridized carbons (Fsp3) is 0.327. The van der Waals surface area contributed by atoms with Crippen LogP contribution in [0.3, 0.4) is 0 Å². The van der Waals surface area contributed by atoms with E-state index in [0.717, 1.165) is 110 Å². The molecule has 0 aliphatic carbocycles. The summed E-state index contributed by atoms with van der Waals surface area (Å²) in [6, 6.07) is 34.8. The number of halogens is 4. The van der Waals surface area contributed by atoms with E-state index >= 15 is 0 Å². The zero-order valence-corrected chi connectivity index (χ0v) is 37.2. The van der Waals surface area contributed by atoms with E-state index in [9.17, 15) is 4.79 Å². The molecule has 0 saturated heterocycles. The van der Waals surface area contributed by atoms with Gasteiger partial charge in [-0.25, -0.2) is 4.79 Å². The molecular formula is C52H54Cl4O2. The van der Waals surface area contributed by atoms with Crippen molar-refractivity contribution in [1.29, 1.82) is 0 Å². The molecule has 302 valence electrons. The third kappa shape index (κ3) is 9.97. The molecule has 0 aromatic heterocycles. The van der Waals surface area contributed by atoms with E-state index in [-0.39, 0.29) is 25.7 Å². The zero-order chi connectivity index (χ0) is 41.2. The molecule has 0 saturated carbocycles. The molecule has 6 rings (SSSR count). The molecule has 0 N–H and O–H groups in total. The number of aryl methyl sites for hydroxylation is 4. The van der Waals surface area contributed by atoms with Gasteiger partial charge in [-0.1, -0.05) is 197 Å². The monoisotopic (exact) mass is 850 g/mol. The smallest absolute Gasteiger partial charge is 0.341 e. The Bertz CT molecular complexity index is 2010. The van der Waals surface area contributed by atoms with Crippen molar-refractivity contribution in [2.75, 3.05) is 0 Å². The number of unbranched alkanes of at least 4 members (excludes halogenated alkanes) is 4. The largest absolute Gasteiger partial charge is 0.442 e. The third-order valence-electron chi connectivity index (χ3n) is 11.2. The van der Waals surface area contributed by atoms with E-state index < -0.39 is 11.6 Å². The summed E-state index contributed by atoms with van der Waals surface area (Å²) in [4.78, 5) is 14.3. The van der Waals surface area contributed by atoms with Gasteiger partial charge in [0.2, 0.25) is 0 Å². The molecule has 0 atom stereocenters. The number of esters is 1. The summed E-state index contributed by atoms with van der Waals surface area (Å²) in [5.41, 5.74) is 9.69. The van der Waals surface area contributed by atoms with Crippen molar-refractivity contribution in [3.63, 3.8) is 0 Å². The minimum Gasteiger partial charge on any atom is -0.442 e. The van der Waals surface area contributed by atoms with Gasteiger partial charge in [0.15, 0.2) is 5.60 Å². The van der Waals surface area contributed by atoms with Crippen LogP contribution in [0.1, 0.15) is 139 Å². The van der Waals surface area contributed by atoms with Crippen molar-refractivity contribution in [3.05, 3.63) is 185 Å². The Labute approximate surface area is 366 Å². The highest BCUT2D eigenvalue weighted by molar-refractivity contribution is 6.53. The lowest BCUT2D eigenvalue weighted by molar-refractivity contribution is 0.0300. The van der Waals surface area contributed by atoms with E-state index in [4.69, 9.17) is 51.1 Å². The van der Waals surface area contributed by atoms with Crippen LogP contribution in [0, 0.1) is 0 Å². The van der Waals surface area contributed by atoms with Crippen LogP contribution in [0.5, 0.6) is 0 Å². The first kappa shape index (κ1) is 43.8. The Morgan fingerprint density at radius 1 is 0.466 bits per heavy atom. The van der Waals surface area contributed by atoms with Gasteiger partial charge in [0.25, 0.3) is 0 Å². The summed E-state index contributed by atoms with van der Waals surface area (Å²) < 4.78 is 6.67. The molecule has 0 spiro atoms. The number of carbonyl (C=O) groups excluding carboxylic acids is 1. The topological polar surface area (TPSA) is 26.3 Å². The van der Waals surface area contributed by atoms with Crippen LogP contribution in [0.25, 0.3) is 11.1 Å². The van der Waals surface area contributed by atoms with Crippen LogP contribution in [-0.4, -0.2) is 5.97 Å². The Morgan fingerprint density at radius 2 is 0.759 bits per heavy atom. The lowest BCUT2D eigenvalue weighted by Gasteiger charge is -2.27. The highest BCUT2D eigenvalue weighted by Gasteiger charge is 2.48. The second-order valence-electron chi connectivity index (χ2n) is 15.5.